The second-order valence-corrected chi connectivity index (χ2v) is 32.0. The largest absolute Gasteiger partial charge is 0.310 e. The van der Waals surface area contributed by atoms with Crippen molar-refractivity contribution in [2.45, 2.75) is 90.9 Å². The predicted molar refractivity (Wildman–Crippen MR) is 442 cm³/mol. The molecule has 0 heterocycles. The molecule has 0 radical (unpaired) electrons. The van der Waals surface area contributed by atoms with Crippen LogP contribution >= 0.6 is 0 Å². The summed E-state index contributed by atoms with van der Waals surface area (Å²) in [7, 11) is 0. The third-order valence-electron chi connectivity index (χ3n) is 22.9. The molecule has 0 aliphatic heterocycles. The van der Waals surface area contributed by atoms with E-state index in [0.717, 1.165) is 16.9 Å². The molecule has 16 aromatic rings. The van der Waals surface area contributed by atoms with Crippen LogP contribution in [0, 0.1) is 0 Å². The molecular formula is C102H83N. The Labute approximate surface area is 607 Å². The predicted octanol–water partition coefficient (Wildman–Crippen LogP) is 28.6. The normalized spacial score (nSPS) is 13.5. The van der Waals surface area contributed by atoms with Gasteiger partial charge in [0.15, 0.2) is 0 Å². The first-order valence-electron chi connectivity index (χ1n) is 36.7. The molecule has 16 aromatic carbocycles. The van der Waals surface area contributed by atoms with Crippen LogP contribution in [0.2, 0.25) is 0 Å². The lowest BCUT2D eigenvalue weighted by Crippen LogP contribution is -2.18. The van der Waals surface area contributed by atoms with E-state index in [2.05, 4.69) is 396 Å². The molecule has 0 saturated carbocycles. The molecule has 0 N–H and O–H groups in total. The summed E-state index contributed by atoms with van der Waals surface area (Å²) in [5, 5.41) is 9.91. The Hall–Kier alpha value is -11.6. The van der Waals surface area contributed by atoms with Gasteiger partial charge in [-0.2, -0.15) is 0 Å². The fourth-order valence-electron chi connectivity index (χ4n) is 17.3. The van der Waals surface area contributed by atoms with Gasteiger partial charge in [0.1, 0.15) is 0 Å². The van der Waals surface area contributed by atoms with Gasteiger partial charge in [-0.3, -0.25) is 0 Å². The zero-order chi connectivity index (χ0) is 70.3. The molecule has 103 heavy (non-hydrogen) atoms. The van der Waals surface area contributed by atoms with Gasteiger partial charge in [-0.1, -0.05) is 306 Å². The van der Waals surface area contributed by atoms with Crippen molar-refractivity contribution in [2.24, 2.45) is 0 Å². The summed E-state index contributed by atoms with van der Waals surface area (Å²) in [6.45, 7) is 23.6. The Morgan fingerprint density at radius 1 is 0.233 bits per heavy atom. The van der Waals surface area contributed by atoms with Crippen LogP contribution in [0.5, 0.6) is 0 Å². The molecule has 0 bridgehead atoms. The quantitative estimate of drug-likeness (QED) is 0.132. The molecule has 0 fully saturated rings. The molecule has 2 aliphatic rings. The van der Waals surface area contributed by atoms with E-state index in [-0.39, 0.29) is 21.7 Å². The first-order chi connectivity index (χ1) is 49.8. The van der Waals surface area contributed by atoms with Gasteiger partial charge in [0.25, 0.3) is 0 Å². The van der Waals surface area contributed by atoms with Gasteiger partial charge < -0.3 is 4.90 Å². The van der Waals surface area contributed by atoms with Crippen molar-refractivity contribution < 1.29 is 0 Å². The molecule has 0 amide bonds. The van der Waals surface area contributed by atoms with Crippen LogP contribution in [-0.4, -0.2) is 0 Å². The number of hydrogen-bond donors (Lipinski definition) is 0. The van der Waals surface area contributed by atoms with Crippen LogP contribution in [-0.2, 0) is 21.7 Å². The molecule has 2 aliphatic carbocycles. The molecule has 0 saturated heterocycles. The van der Waals surface area contributed by atoms with Crippen molar-refractivity contribution in [1.29, 1.82) is 0 Å². The standard InChI is InChI=1S/C102H83N/c1-99(2,3)75-43-47-77(48-44-75)103(78-49-45-76(46-50-78)100(4,5)6)96-63-95-98(88-37-22-21-36-85(88)96)91-62-93-90(61-94(91)102(95,9)10)84-51-42-68(60-92(84)101(93,7)8)71-57-73(72-55-69(64-26-13-11-14-27-64)54-70(56-72)65-28-15-12-16-29-65)59-74(58-71)81-52-53-89(83-39-24-33-67-31-18-20-35-80(67)83)97-86(81)40-25-41-87(97)82-38-23-32-66-30-17-19-34-79(66)82/h11-63H,1-10H3. The van der Waals surface area contributed by atoms with Crippen molar-refractivity contribution in [3.63, 3.8) is 0 Å². The molecule has 1 nitrogen and oxygen atoms in total. The minimum Gasteiger partial charge on any atom is -0.310 e. The summed E-state index contributed by atoms with van der Waals surface area (Å²) in [5.74, 6) is 0. The third kappa shape index (κ3) is 10.7. The molecular weight excluding hydrogens is 1240 g/mol. The topological polar surface area (TPSA) is 3.24 Å². The highest BCUT2D eigenvalue weighted by Gasteiger charge is 2.43. The number of hydrogen-bond acceptors (Lipinski definition) is 1. The highest BCUT2D eigenvalue weighted by molar-refractivity contribution is 6.18. The summed E-state index contributed by atoms with van der Waals surface area (Å²) in [6.07, 6.45) is 0. The van der Waals surface area contributed by atoms with Crippen molar-refractivity contribution in [1.82, 2.24) is 0 Å². The molecule has 496 valence electrons. The van der Waals surface area contributed by atoms with E-state index in [1.807, 2.05) is 0 Å². The second kappa shape index (κ2) is 24.0. The monoisotopic (exact) mass is 1320 g/mol. The van der Waals surface area contributed by atoms with Gasteiger partial charge in [0, 0.05) is 27.6 Å². The third-order valence-corrected chi connectivity index (χ3v) is 22.9. The average molecular weight is 1320 g/mol. The summed E-state index contributed by atoms with van der Waals surface area (Å²) < 4.78 is 0. The van der Waals surface area contributed by atoms with Gasteiger partial charge in [0.2, 0.25) is 0 Å². The highest BCUT2D eigenvalue weighted by atomic mass is 15.1. The van der Waals surface area contributed by atoms with Gasteiger partial charge >= 0.3 is 0 Å². The van der Waals surface area contributed by atoms with Gasteiger partial charge in [-0.05, 0) is 267 Å². The molecule has 0 spiro atoms. The SMILES string of the molecule is CC(C)(C)c1ccc(N(c2ccc(C(C)(C)C)cc2)c2cc3c(c4ccccc24)-c2cc4c(cc2C3(C)C)-c2ccc(-c3cc(-c5cc(-c6ccccc6)cc(-c6ccccc6)c5)cc(-c5ccc(-c6cccc7ccccc67)c6c(-c7cccc8ccccc78)cccc56)c3)cc2C4(C)C)cc1. The summed E-state index contributed by atoms with van der Waals surface area (Å²) in [5.41, 5.74) is 33.0. The smallest absolute Gasteiger partial charge is 0.0543 e. The number of rotatable bonds is 10. The van der Waals surface area contributed by atoms with Crippen molar-refractivity contribution in [3.8, 4) is 100 Å². The first-order valence-corrected chi connectivity index (χ1v) is 36.7. The lowest BCUT2D eigenvalue weighted by molar-refractivity contribution is 0.590. The van der Waals surface area contributed by atoms with Crippen LogP contribution in [0.3, 0.4) is 0 Å². The number of anilines is 3. The van der Waals surface area contributed by atoms with E-state index in [0.29, 0.717) is 0 Å². The van der Waals surface area contributed by atoms with Gasteiger partial charge in [-0.15, -0.1) is 0 Å². The fraction of sp³-hybridized carbons (Fsp3) is 0.137. The Morgan fingerprint density at radius 3 is 1.17 bits per heavy atom. The lowest BCUT2D eigenvalue weighted by Gasteiger charge is -2.31. The van der Waals surface area contributed by atoms with Gasteiger partial charge in [0.05, 0.1) is 5.69 Å². The average Bonchev–Trinajstić information content (AvgIpc) is 1.54. The van der Waals surface area contributed by atoms with Crippen LogP contribution < -0.4 is 4.90 Å². The second-order valence-electron chi connectivity index (χ2n) is 32.0. The van der Waals surface area contributed by atoms with Crippen LogP contribution in [0.25, 0.3) is 143 Å². The van der Waals surface area contributed by atoms with Crippen molar-refractivity contribution in [3.05, 3.63) is 355 Å². The number of benzene rings is 16. The summed E-state index contributed by atoms with van der Waals surface area (Å²) in [4.78, 5) is 2.51. The Balaban J connectivity index is 0.813. The molecule has 0 unspecified atom stereocenters. The fourth-order valence-corrected chi connectivity index (χ4v) is 17.3. The minimum atomic E-state index is -0.325. The van der Waals surface area contributed by atoms with Gasteiger partial charge in [-0.25, -0.2) is 0 Å². The van der Waals surface area contributed by atoms with E-state index in [1.54, 1.807) is 0 Å². The first kappa shape index (κ1) is 63.5. The Kier molecular flexibility index (Phi) is 14.8. The Morgan fingerprint density at radius 2 is 0.621 bits per heavy atom. The lowest BCUT2D eigenvalue weighted by atomic mass is 9.79. The zero-order valence-electron chi connectivity index (χ0n) is 60.5. The maximum absolute atomic E-state index is 2.60. The van der Waals surface area contributed by atoms with Crippen LogP contribution in [0.15, 0.2) is 322 Å². The molecule has 0 atom stereocenters. The molecule has 0 aromatic heterocycles. The van der Waals surface area contributed by atoms with E-state index < -0.39 is 0 Å². The molecule has 18 rings (SSSR count). The van der Waals surface area contributed by atoms with Crippen molar-refractivity contribution in [2.75, 3.05) is 4.90 Å². The zero-order valence-corrected chi connectivity index (χ0v) is 60.5. The van der Waals surface area contributed by atoms with E-state index >= 15 is 0 Å². The maximum atomic E-state index is 2.60. The molecule has 1 heteroatoms. The number of nitrogens with zero attached hydrogens (tertiary/aromatic N) is 1. The van der Waals surface area contributed by atoms with E-state index in [1.165, 1.54) is 177 Å². The van der Waals surface area contributed by atoms with E-state index in [9.17, 15) is 0 Å². The minimum absolute atomic E-state index is 0.0302. The Bertz CT molecular complexity index is 5880. The van der Waals surface area contributed by atoms with Crippen LogP contribution in [0.4, 0.5) is 17.1 Å². The summed E-state index contributed by atoms with van der Waals surface area (Å²) >= 11 is 0. The number of fused-ring (bicyclic) bond motifs is 11. The van der Waals surface area contributed by atoms with Crippen molar-refractivity contribution >= 4 is 60.2 Å². The summed E-state index contributed by atoms with van der Waals surface area (Å²) in [6, 6.07) is 122. The highest BCUT2D eigenvalue weighted by Crippen LogP contribution is 2.60. The van der Waals surface area contributed by atoms with E-state index in [4.69, 9.17) is 0 Å². The van der Waals surface area contributed by atoms with Crippen LogP contribution in [0.1, 0.15) is 103 Å². The maximum Gasteiger partial charge on any atom is 0.0543 e.